The highest BCUT2D eigenvalue weighted by Gasteiger charge is 2.16. The Morgan fingerprint density at radius 2 is 2.14 bits per heavy atom. The molecule has 3 aromatic heterocycles. The first kappa shape index (κ1) is 19.7. The van der Waals surface area contributed by atoms with Gasteiger partial charge in [-0.15, -0.1) is 11.3 Å². The maximum Gasteiger partial charge on any atom is 0.276 e. The van der Waals surface area contributed by atoms with Gasteiger partial charge in [-0.05, 0) is 49.1 Å². The molecule has 0 aliphatic rings. The summed E-state index contributed by atoms with van der Waals surface area (Å²) in [5, 5.41) is 12.4. The van der Waals surface area contributed by atoms with Crippen LogP contribution in [0.2, 0.25) is 5.02 Å². The fraction of sp³-hybridized carbons (Fsp3) is 0.158. The highest BCUT2D eigenvalue weighted by atomic mass is 35.5. The van der Waals surface area contributed by atoms with E-state index in [1.165, 1.54) is 27.7 Å². The Kier molecular flexibility index (Phi) is 5.44. The number of nitrogens with zero attached hydrogens (tertiary/aromatic N) is 3. The lowest BCUT2D eigenvalue weighted by Crippen LogP contribution is -2.22. The largest absolute Gasteiger partial charge is 0.308 e. The molecule has 148 valence electrons. The quantitative estimate of drug-likeness (QED) is 0.355. The number of carbonyl (C=O) groups excluding carboxylic acids is 1. The van der Waals surface area contributed by atoms with Crippen molar-refractivity contribution in [1.29, 1.82) is 0 Å². The number of aromatic amines is 1. The van der Waals surface area contributed by atoms with Crippen molar-refractivity contribution in [2.24, 2.45) is 0 Å². The zero-order chi connectivity index (χ0) is 20.5. The zero-order valence-electron chi connectivity index (χ0n) is 15.5. The number of nitrogens with one attached hydrogen (secondary N) is 2. The molecule has 4 rings (SSSR count). The first-order valence-corrected chi connectivity index (χ1v) is 10.9. The monoisotopic (exact) mass is 445 g/mol. The second-order valence-electron chi connectivity index (χ2n) is 6.38. The third-order valence-corrected chi connectivity index (χ3v) is 6.41. The summed E-state index contributed by atoms with van der Waals surface area (Å²) in [7, 11) is 0. The van der Waals surface area contributed by atoms with Crippen LogP contribution in [0.5, 0.6) is 0 Å². The molecule has 1 amide bonds. The van der Waals surface area contributed by atoms with Crippen LogP contribution in [0.15, 0.2) is 45.7 Å². The highest BCUT2D eigenvalue weighted by Crippen LogP contribution is 2.25. The molecule has 1 aromatic carbocycles. The van der Waals surface area contributed by atoms with Gasteiger partial charge in [0.05, 0.1) is 17.0 Å². The van der Waals surface area contributed by atoms with Crippen LogP contribution in [0, 0.1) is 13.8 Å². The molecule has 3 heterocycles. The molecule has 10 heteroatoms. The van der Waals surface area contributed by atoms with Crippen LogP contribution in [0.1, 0.15) is 11.3 Å². The summed E-state index contributed by atoms with van der Waals surface area (Å²) >= 11 is 8.68. The van der Waals surface area contributed by atoms with E-state index in [9.17, 15) is 9.59 Å². The Morgan fingerprint density at radius 3 is 2.86 bits per heavy atom. The van der Waals surface area contributed by atoms with Gasteiger partial charge in [0.1, 0.15) is 4.70 Å². The number of amides is 1. The van der Waals surface area contributed by atoms with Crippen LogP contribution < -0.4 is 10.9 Å². The maximum absolute atomic E-state index is 13.1. The predicted octanol–water partition coefficient (Wildman–Crippen LogP) is 4.17. The van der Waals surface area contributed by atoms with Crippen molar-refractivity contribution in [2.75, 3.05) is 11.1 Å². The minimum atomic E-state index is -0.236. The van der Waals surface area contributed by atoms with Gasteiger partial charge in [0, 0.05) is 16.8 Å². The Morgan fingerprint density at radius 1 is 1.31 bits per heavy atom. The molecular weight excluding hydrogens is 430 g/mol. The van der Waals surface area contributed by atoms with E-state index in [4.69, 9.17) is 11.6 Å². The molecule has 0 saturated heterocycles. The number of benzene rings is 1. The SMILES string of the molecule is Cc1cc(NC(=O)CSc2nc3ccsc3c(=O)n2-c2ccc(Cl)c(C)c2)n[nH]1. The number of hydrogen-bond donors (Lipinski definition) is 2. The summed E-state index contributed by atoms with van der Waals surface area (Å²) in [6.07, 6.45) is 0. The molecule has 0 aliphatic carbocycles. The summed E-state index contributed by atoms with van der Waals surface area (Å²) in [6, 6.07) is 8.90. The lowest BCUT2D eigenvalue weighted by atomic mass is 10.2. The molecule has 0 unspecified atom stereocenters. The number of hydrogen-bond acceptors (Lipinski definition) is 6. The first-order chi connectivity index (χ1) is 13.9. The Bertz CT molecular complexity index is 1280. The molecule has 0 atom stereocenters. The van der Waals surface area contributed by atoms with Crippen LogP contribution in [-0.2, 0) is 4.79 Å². The molecule has 0 spiro atoms. The summed E-state index contributed by atoms with van der Waals surface area (Å²) in [5.74, 6) is 0.306. The lowest BCUT2D eigenvalue weighted by Gasteiger charge is -2.13. The number of halogens is 1. The molecule has 0 radical (unpaired) electrons. The van der Waals surface area contributed by atoms with Crippen LogP contribution in [-0.4, -0.2) is 31.4 Å². The van der Waals surface area contributed by atoms with Crippen molar-refractivity contribution in [2.45, 2.75) is 19.0 Å². The molecule has 0 saturated carbocycles. The molecule has 0 fully saturated rings. The van der Waals surface area contributed by atoms with Gasteiger partial charge in [-0.3, -0.25) is 19.3 Å². The predicted molar refractivity (Wildman–Crippen MR) is 118 cm³/mol. The number of aromatic nitrogens is 4. The summed E-state index contributed by atoms with van der Waals surface area (Å²) in [6.45, 7) is 3.73. The lowest BCUT2D eigenvalue weighted by molar-refractivity contribution is -0.113. The maximum atomic E-state index is 13.1. The van der Waals surface area contributed by atoms with Crippen LogP contribution in [0.25, 0.3) is 15.9 Å². The van der Waals surface area contributed by atoms with Crippen molar-refractivity contribution >= 4 is 56.6 Å². The highest BCUT2D eigenvalue weighted by molar-refractivity contribution is 7.99. The van der Waals surface area contributed by atoms with E-state index in [0.29, 0.717) is 31.9 Å². The van der Waals surface area contributed by atoms with Crippen LogP contribution in [0.3, 0.4) is 0 Å². The van der Waals surface area contributed by atoms with Crippen LogP contribution in [0.4, 0.5) is 5.82 Å². The molecule has 0 aliphatic heterocycles. The van der Waals surface area contributed by atoms with Crippen molar-refractivity contribution in [3.63, 3.8) is 0 Å². The number of aryl methyl sites for hydroxylation is 2. The number of thioether (sulfide) groups is 1. The Hall–Kier alpha value is -2.62. The standard InChI is InChI=1S/C19H16ClN5O2S2/c1-10-7-12(3-4-13(10)20)25-18(27)17-14(5-6-28-17)21-19(25)29-9-16(26)22-15-8-11(2)23-24-15/h3-8H,9H2,1-2H3,(H2,22,23,24,26). The number of anilines is 1. The number of H-pyrrole nitrogens is 1. The van der Waals surface area contributed by atoms with E-state index in [0.717, 1.165) is 11.3 Å². The minimum absolute atomic E-state index is 0.0839. The average molecular weight is 446 g/mol. The molecular formula is C19H16ClN5O2S2. The number of carbonyl (C=O) groups is 1. The molecule has 29 heavy (non-hydrogen) atoms. The fourth-order valence-corrected chi connectivity index (χ4v) is 4.47. The normalized spacial score (nSPS) is 11.1. The Balaban J connectivity index is 1.68. The van der Waals surface area contributed by atoms with E-state index in [1.54, 1.807) is 24.3 Å². The third kappa shape index (κ3) is 4.07. The van der Waals surface area contributed by atoms with Crippen molar-refractivity contribution in [3.8, 4) is 5.69 Å². The van der Waals surface area contributed by atoms with Gasteiger partial charge in [0.25, 0.3) is 5.56 Å². The minimum Gasteiger partial charge on any atom is -0.308 e. The van der Waals surface area contributed by atoms with Gasteiger partial charge in [0.15, 0.2) is 11.0 Å². The first-order valence-electron chi connectivity index (χ1n) is 8.64. The molecule has 7 nitrogen and oxygen atoms in total. The van der Waals surface area contributed by atoms with Crippen molar-refractivity contribution < 1.29 is 4.79 Å². The van der Waals surface area contributed by atoms with Crippen molar-refractivity contribution in [1.82, 2.24) is 19.7 Å². The van der Waals surface area contributed by atoms with Gasteiger partial charge < -0.3 is 5.32 Å². The Labute approximate surface area is 179 Å². The number of rotatable bonds is 5. The van der Waals surface area contributed by atoms with E-state index in [1.807, 2.05) is 25.3 Å². The second kappa shape index (κ2) is 8.02. The molecule has 2 N–H and O–H groups in total. The van der Waals surface area contributed by atoms with E-state index in [-0.39, 0.29) is 17.2 Å². The average Bonchev–Trinajstić information content (AvgIpc) is 3.31. The van der Waals surface area contributed by atoms with Gasteiger partial charge >= 0.3 is 0 Å². The van der Waals surface area contributed by atoms with Gasteiger partial charge in [-0.1, -0.05) is 23.4 Å². The molecule has 0 bridgehead atoms. The summed E-state index contributed by atoms with van der Waals surface area (Å²) in [5.41, 5.74) is 2.81. The smallest absolute Gasteiger partial charge is 0.276 e. The van der Waals surface area contributed by atoms with E-state index >= 15 is 0 Å². The summed E-state index contributed by atoms with van der Waals surface area (Å²) in [4.78, 5) is 30.1. The second-order valence-corrected chi connectivity index (χ2v) is 8.64. The van der Waals surface area contributed by atoms with E-state index in [2.05, 4.69) is 20.5 Å². The summed E-state index contributed by atoms with van der Waals surface area (Å²) < 4.78 is 2.09. The topological polar surface area (TPSA) is 92.7 Å². The zero-order valence-corrected chi connectivity index (χ0v) is 17.9. The van der Waals surface area contributed by atoms with Crippen molar-refractivity contribution in [3.05, 3.63) is 62.3 Å². The van der Waals surface area contributed by atoms with Gasteiger partial charge in [0.2, 0.25) is 5.91 Å². The van der Waals surface area contributed by atoms with Gasteiger partial charge in [-0.25, -0.2) is 4.98 Å². The fourth-order valence-electron chi connectivity index (χ4n) is 2.78. The number of thiophene rings is 1. The van der Waals surface area contributed by atoms with Crippen LogP contribution >= 0.6 is 34.7 Å². The van der Waals surface area contributed by atoms with E-state index < -0.39 is 0 Å². The van der Waals surface area contributed by atoms with Gasteiger partial charge in [-0.2, -0.15) is 5.10 Å². The molecule has 4 aromatic rings. The third-order valence-electron chi connectivity index (χ3n) is 4.15. The number of fused-ring (bicyclic) bond motifs is 1.